The van der Waals surface area contributed by atoms with Crippen molar-refractivity contribution in [2.75, 3.05) is 19.6 Å². The lowest BCUT2D eigenvalue weighted by Crippen LogP contribution is -2.49. The average molecular weight is 290 g/mol. The minimum absolute atomic E-state index is 0.0111. The lowest BCUT2D eigenvalue weighted by atomic mass is 10.0. The standard InChI is InChI=1S/C15H22N4O2/c1-2-7-17-15(21)18-13-5-9-19(10-6-13)14(20)12-4-3-8-16-11-12/h3-4,8,11,13H,2,5-7,9-10H2,1H3,(H2,17,18,21). The van der Waals surface area contributed by atoms with Gasteiger partial charge in [-0.1, -0.05) is 6.92 Å². The van der Waals surface area contributed by atoms with E-state index in [2.05, 4.69) is 15.6 Å². The van der Waals surface area contributed by atoms with Crippen molar-refractivity contribution in [3.05, 3.63) is 30.1 Å². The summed E-state index contributed by atoms with van der Waals surface area (Å²) < 4.78 is 0. The zero-order valence-corrected chi connectivity index (χ0v) is 12.3. The molecule has 2 heterocycles. The van der Waals surface area contributed by atoms with E-state index in [0.29, 0.717) is 25.2 Å². The number of piperidine rings is 1. The van der Waals surface area contributed by atoms with Crippen LogP contribution in [0.1, 0.15) is 36.5 Å². The SMILES string of the molecule is CCCNC(=O)NC1CCN(C(=O)c2cccnc2)CC1. The second-order valence-electron chi connectivity index (χ2n) is 5.21. The third kappa shape index (κ3) is 4.44. The van der Waals surface area contributed by atoms with E-state index >= 15 is 0 Å². The highest BCUT2D eigenvalue weighted by molar-refractivity contribution is 5.93. The van der Waals surface area contributed by atoms with Gasteiger partial charge in [0.1, 0.15) is 0 Å². The first kappa shape index (κ1) is 15.3. The number of pyridine rings is 1. The summed E-state index contributed by atoms with van der Waals surface area (Å²) in [7, 11) is 0. The first-order chi connectivity index (χ1) is 10.2. The molecule has 1 fully saturated rings. The van der Waals surface area contributed by atoms with Gasteiger partial charge in [-0.2, -0.15) is 0 Å². The lowest BCUT2D eigenvalue weighted by molar-refractivity contribution is 0.0708. The summed E-state index contributed by atoms with van der Waals surface area (Å²) >= 11 is 0. The second-order valence-corrected chi connectivity index (χ2v) is 5.21. The topological polar surface area (TPSA) is 74.3 Å². The number of hydrogen-bond acceptors (Lipinski definition) is 3. The Kier molecular flexibility index (Phi) is 5.54. The Bertz CT molecular complexity index is 470. The van der Waals surface area contributed by atoms with Gasteiger partial charge in [0.2, 0.25) is 0 Å². The molecule has 1 aromatic heterocycles. The second kappa shape index (κ2) is 7.61. The first-order valence-electron chi connectivity index (χ1n) is 7.44. The molecule has 1 saturated heterocycles. The van der Waals surface area contributed by atoms with Crippen LogP contribution >= 0.6 is 0 Å². The fourth-order valence-electron chi connectivity index (χ4n) is 2.37. The van der Waals surface area contributed by atoms with Gasteiger partial charge in [-0.3, -0.25) is 9.78 Å². The molecule has 0 spiro atoms. The van der Waals surface area contributed by atoms with Crippen molar-refractivity contribution < 1.29 is 9.59 Å². The van der Waals surface area contributed by atoms with Crippen molar-refractivity contribution in [2.45, 2.75) is 32.2 Å². The van der Waals surface area contributed by atoms with Crippen LogP contribution in [0.25, 0.3) is 0 Å². The van der Waals surface area contributed by atoms with E-state index in [-0.39, 0.29) is 18.0 Å². The largest absolute Gasteiger partial charge is 0.338 e. The molecule has 1 aromatic rings. The Morgan fingerprint density at radius 3 is 2.76 bits per heavy atom. The van der Waals surface area contributed by atoms with Gasteiger partial charge >= 0.3 is 6.03 Å². The number of carbonyl (C=O) groups is 2. The number of aromatic nitrogens is 1. The molecule has 1 aliphatic heterocycles. The molecule has 0 bridgehead atoms. The highest BCUT2D eigenvalue weighted by Gasteiger charge is 2.24. The van der Waals surface area contributed by atoms with E-state index in [4.69, 9.17) is 0 Å². The average Bonchev–Trinajstić information content (AvgIpc) is 2.54. The Morgan fingerprint density at radius 2 is 2.14 bits per heavy atom. The maximum Gasteiger partial charge on any atom is 0.315 e. The van der Waals surface area contributed by atoms with E-state index in [9.17, 15) is 9.59 Å². The number of nitrogens with one attached hydrogen (secondary N) is 2. The molecule has 114 valence electrons. The molecular formula is C15H22N4O2. The highest BCUT2D eigenvalue weighted by atomic mass is 16.2. The molecule has 0 atom stereocenters. The molecular weight excluding hydrogens is 268 g/mol. The van der Waals surface area contributed by atoms with Gasteiger partial charge in [0.05, 0.1) is 5.56 Å². The van der Waals surface area contributed by atoms with Crippen LogP contribution < -0.4 is 10.6 Å². The predicted molar refractivity (Wildman–Crippen MR) is 80.0 cm³/mol. The van der Waals surface area contributed by atoms with Crippen LogP contribution in [0, 0.1) is 0 Å². The number of rotatable bonds is 4. The van der Waals surface area contributed by atoms with Gasteiger partial charge in [-0.15, -0.1) is 0 Å². The van der Waals surface area contributed by atoms with E-state index in [1.165, 1.54) is 0 Å². The molecule has 0 radical (unpaired) electrons. The van der Waals surface area contributed by atoms with Gasteiger partial charge in [0.15, 0.2) is 0 Å². The zero-order chi connectivity index (χ0) is 15.1. The minimum atomic E-state index is -0.117. The maximum absolute atomic E-state index is 12.3. The molecule has 2 rings (SSSR count). The van der Waals surface area contributed by atoms with E-state index in [1.807, 2.05) is 11.8 Å². The van der Waals surface area contributed by atoms with Crippen LogP contribution in [0.5, 0.6) is 0 Å². The normalized spacial score (nSPS) is 15.6. The number of amides is 3. The molecule has 0 unspecified atom stereocenters. The maximum atomic E-state index is 12.3. The molecule has 0 aromatic carbocycles. The van der Waals surface area contributed by atoms with Crippen molar-refractivity contribution >= 4 is 11.9 Å². The molecule has 6 heteroatoms. The Labute approximate surface area is 124 Å². The smallest absolute Gasteiger partial charge is 0.315 e. The van der Waals surface area contributed by atoms with Gasteiger partial charge < -0.3 is 15.5 Å². The summed E-state index contributed by atoms with van der Waals surface area (Å²) in [6.07, 6.45) is 5.73. The van der Waals surface area contributed by atoms with Crippen molar-refractivity contribution in [1.82, 2.24) is 20.5 Å². The van der Waals surface area contributed by atoms with Gasteiger partial charge in [0, 0.05) is 38.1 Å². The fourth-order valence-corrected chi connectivity index (χ4v) is 2.37. The van der Waals surface area contributed by atoms with Crippen LogP contribution in [-0.4, -0.2) is 47.5 Å². The van der Waals surface area contributed by atoms with Crippen LogP contribution in [0.4, 0.5) is 4.79 Å². The van der Waals surface area contributed by atoms with Crippen molar-refractivity contribution in [3.63, 3.8) is 0 Å². The zero-order valence-electron chi connectivity index (χ0n) is 12.3. The third-order valence-corrected chi connectivity index (χ3v) is 3.56. The number of likely N-dealkylation sites (tertiary alicyclic amines) is 1. The van der Waals surface area contributed by atoms with Crippen LogP contribution in [0.15, 0.2) is 24.5 Å². The quantitative estimate of drug-likeness (QED) is 0.880. The van der Waals surface area contributed by atoms with Crippen molar-refractivity contribution in [3.8, 4) is 0 Å². The third-order valence-electron chi connectivity index (χ3n) is 3.56. The Hall–Kier alpha value is -2.11. The van der Waals surface area contributed by atoms with Crippen molar-refractivity contribution in [2.24, 2.45) is 0 Å². The summed E-state index contributed by atoms with van der Waals surface area (Å²) in [5, 5.41) is 5.75. The number of urea groups is 1. The first-order valence-corrected chi connectivity index (χ1v) is 7.44. The summed E-state index contributed by atoms with van der Waals surface area (Å²) in [5.41, 5.74) is 0.615. The van der Waals surface area contributed by atoms with E-state index in [0.717, 1.165) is 19.3 Å². The molecule has 6 nitrogen and oxygen atoms in total. The molecule has 2 N–H and O–H groups in total. The van der Waals surface area contributed by atoms with Crippen LogP contribution in [0.2, 0.25) is 0 Å². The number of carbonyl (C=O) groups excluding carboxylic acids is 2. The number of hydrogen-bond donors (Lipinski definition) is 2. The lowest BCUT2D eigenvalue weighted by Gasteiger charge is -2.32. The minimum Gasteiger partial charge on any atom is -0.338 e. The monoisotopic (exact) mass is 290 g/mol. The van der Waals surface area contributed by atoms with E-state index in [1.54, 1.807) is 24.5 Å². The summed E-state index contributed by atoms with van der Waals surface area (Å²) in [4.78, 5) is 29.6. The fraction of sp³-hybridized carbons (Fsp3) is 0.533. The molecule has 0 saturated carbocycles. The van der Waals surface area contributed by atoms with Gasteiger partial charge in [0.25, 0.3) is 5.91 Å². The van der Waals surface area contributed by atoms with Gasteiger partial charge in [-0.05, 0) is 31.4 Å². The van der Waals surface area contributed by atoms with Crippen LogP contribution in [-0.2, 0) is 0 Å². The Balaban J connectivity index is 1.78. The molecule has 3 amide bonds. The summed E-state index contributed by atoms with van der Waals surface area (Å²) in [6.45, 7) is 4.02. The molecule has 1 aliphatic rings. The Morgan fingerprint density at radius 1 is 1.38 bits per heavy atom. The predicted octanol–water partition coefficient (Wildman–Crippen LogP) is 1.40. The summed E-state index contributed by atoms with van der Waals surface area (Å²) in [5.74, 6) is 0.0111. The van der Waals surface area contributed by atoms with Gasteiger partial charge in [-0.25, -0.2) is 4.79 Å². The number of nitrogens with zero attached hydrogens (tertiary/aromatic N) is 2. The van der Waals surface area contributed by atoms with Crippen molar-refractivity contribution in [1.29, 1.82) is 0 Å². The van der Waals surface area contributed by atoms with E-state index < -0.39 is 0 Å². The molecule has 0 aliphatic carbocycles. The summed E-state index contributed by atoms with van der Waals surface area (Å²) in [6, 6.07) is 3.56. The molecule has 21 heavy (non-hydrogen) atoms. The highest BCUT2D eigenvalue weighted by Crippen LogP contribution is 2.13. The van der Waals surface area contributed by atoms with Crippen LogP contribution in [0.3, 0.4) is 0 Å².